The highest BCUT2D eigenvalue weighted by Crippen LogP contribution is 2.29. The SMILES string of the molecule is O=C(NCc1ccc(F)cc1F)C1CCN(C(=O)c2ncn3c2CO[C@H](c2ccccc2)C3)CC1. The van der Waals surface area contributed by atoms with Gasteiger partial charge in [0.05, 0.1) is 25.2 Å². The summed E-state index contributed by atoms with van der Waals surface area (Å²) >= 11 is 0. The third-order valence-electron chi connectivity index (χ3n) is 6.73. The van der Waals surface area contributed by atoms with Crippen LogP contribution in [-0.4, -0.2) is 39.4 Å². The molecule has 35 heavy (non-hydrogen) atoms. The number of nitrogens with zero attached hydrogens (tertiary/aromatic N) is 3. The summed E-state index contributed by atoms with van der Waals surface area (Å²) in [7, 11) is 0. The lowest BCUT2D eigenvalue weighted by Crippen LogP contribution is -2.43. The van der Waals surface area contributed by atoms with Crippen molar-refractivity contribution < 1.29 is 23.1 Å². The monoisotopic (exact) mass is 480 g/mol. The van der Waals surface area contributed by atoms with Crippen LogP contribution >= 0.6 is 0 Å². The zero-order valence-electron chi connectivity index (χ0n) is 19.1. The number of nitrogens with one attached hydrogen (secondary N) is 1. The van der Waals surface area contributed by atoms with E-state index in [2.05, 4.69) is 10.3 Å². The van der Waals surface area contributed by atoms with Crippen LogP contribution in [0.25, 0.3) is 0 Å². The van der Waals surface area contributed by atoms with Crippen molar-refractivity contribution in [3.63, 3.8) is 0 Å². The van der Waals surface area contributed by atoms with Gasteiger partial charge in [0.15, 0.2) is 5.69 Å². The Hall–Kier alpha value is -3.59. The molecule has 1 atom stereocenters. The molecule has 7 nitrogen and oxygen atoms in total. The summed E-state index contributed by atoms with van der Waals surface area (Å²) in [6.45, 7) is 1.76. The van der Waals surface area contributed by atoms with Crippen molar-refractivity contribution in [2.24, 2.45) is 5.92 Å². The Morgan fingerprint density at radius 1 is 1.09 bits per heavy atom. The standard InChI is InChI=1S/C26H26F2N4O3/c27-20-7-6-19(21(28)12-20)13-29-25(33)18-8-10-31(11-9-18)26(34)24-22-15-35-23(14-32(22)16-30-24)17-4-2-1-3-5-17/h1-7,12,16,18,23H,8-11,13-15H2,(H,29,33)/t23-/m0/s1. The molecule has 0 spiro atoms. The lowest BCUT2D eigenvalue weighted by Gasteiger charge is -2.31. The van der Waals surface area contributed by atoms with Crippen LogP contribution in [0.1, 0.15) is 46.3 Å². The Morgan fingerprint density at radius 3 is 2.60 bits per heavy atom. The minimum absolute atomic E-state index is 0.00510. The quantitative estimate of drug-likeness (QED) is 0.606. The number of carbonyl (C=O) groups is 2. The average molecular weight is 481 g/mol. The van der Waals surface area contributed by atoms with Gasteiger partial charge in [-0.15, -0.1) is 0 Å². The Kier molecular flexibility index (Phi) is 6.59. The van der Waals surface area contributed by atoms with Crippen LogP contribution in [0.15, 0.2) is 54.9 Å². The Balaban J connectivity index is 1.15. The summed E-state index contributed by atoms with van der Waals surface area (Å²) in [6.07, 6.45) is 2.62. The maximum atomic E-state index is 13.8. The van der Waals surface area contributed by atoms with E-state index in [1.54, 1.807) is 11.2 Å². The fourth-order valence-corrected chi connectivity index (χ4v) is 4.66. The van der Waals surface area contributed by atoms with Crippen molar-refractivity contribution in [1.29, 1.82) is 0 Å². The van der Waals surface area contributed by atoms with Crippen molar-refractivity contribution in [2.45, 2.75) is 38.6 Å². The van der Waals surface area contributed by atoms with Gasteiger partial charge in [-0.3, -0.25) is 9.59 Å². The summed E-state index contributed by atoms with van der Waals surface area (Å²) in [4.78, 5) is 31.8. The molecule has 1 N–H and O–H groups in total. The Bertz CT molecular complexity index is 1220. The molecule has 2 aliphatic heterocycles. The van der Waals surface area contributed by atoms with Crippen molar-refractivity contribution in [2.75, 3.05) is 13.1 Å². The highest BCUT2D eigenvalue weighted by Gasteiger charge is 2.32. The van der Waals surface area contributed by atoms with E-state index in [-0.39, 0.29) is 35.9 Å². The van der Waals surface area contributed by atoms with E-state index in [0.717, 1.165) is 23.4 Å². The second kappa shape index (κ2) is 9.95. The molecule has 0 saturated carbocycles. The molecule has 0 bridgehead atoms. The number of rotatable bonds is 5. The van der Waals surface area contributed by atoms with E-state index in [1.165, 1.54) is 6.07 Å². The molecule has 0 unspecified atom stereocenters. The van der Waals surface area contributed by atoms with E-state index in [9.17, 15) is 18.4 Å². The molecule has 1 saturated heterocycles. The van der Waals surface area contributed by atoms with Crippen LogP contribution in [0.4, 0.5) is 8.78 Å². The number of hydrogen-bond donors (Lipinski definition) is 1. The van der Waals surface area contributed by atoms with Crippen LogP contribution < -0.4 is 5.32 Å². The molecule has 3 aromatic rings. The molecule has 0 radical (unpaired) electrons. The number of hydrogen-bond acceptors (Lipinski definition) is 4. The van der Waals surface area contributed by atoms with Gasteiger partial charge in [0.1, 0.15) is 17.7 Å². The van der Waals surface area contributed by atoms with Crippen LogP contribution in [0.5, 0.6) is 0 Å². The number of ether oxygens (including phenoxy) is 1. The fourth-order valence-electron chi connectivity index (χ4n) is 4.66. The molecule has 2 aliphatic rings. The molecule has 2 aromatic carbocycles. The number of imidazole rings is 1. The Morgan fingerprint density at radius 2 is 1.86 bits per heavy atom. The largest absolute Gasteiger partial charge is 0.365 e. The number of halogens is 2. The van der Waals surface area contributed by atoms with Crippen LogP contribution in [-0.2, 0) is 29.2 Å². The zero-order valence-corrected chi connectivity index (χ0v) is 19.1. The normalized spacial score (nSPS) is 18.2. The number of likely N-dealkylation sites (tertiary alicyclic amines) is 1. The molecule has 9 heteroatoms. The van der Waals surface area contributed by atoms with E-state index in [0.29, 0.717) is 44.8 Å². The van der Waals surface area contributed by atoms with E-state index in [1.807, 2.05) is 34.9 Å². The first-order chi connectivity index (χ1) is 17.0. The molecule has 0 aliphatic carbocycles. The summed E-state index contributed by atoms with van der Waals surface area (Å²) in [5.74, 6) is -1.97. The van der Waals surface area contributed by atoms with Gasteiger partial charge in [-0.2, -0.15) is 0 Å². The number of benzene rings is 2. The summed E-state index contributed by atoms with van der Waals surface area (Å²) in [5, 5.41) is 2.72. The number of carbonyl (C=O) groups excluding carboxylic acids is 2. The van der Waals surface area contributed by atoms with Crippen LogP contribution in [0.2, 0.25) is 0 Å². The van der Waals surface area contributed by atoms with Crippen molar-refractivity contribution >= 4 is 11.8 Å². The molecule has 5 rings (SSSR count). The number of piperidine rings is 1. The minimum Gasteiger partial charge on any atom is -0.365 e. The first kappa shape index (κ1) is 23.2. The molecule has 3 heterocycles. The fraction of sp³-hybridized carbons (Fsp3) is 0.346. The number of fused-ring (bicyclic) bond motifs is 1. The highest BCUT2D eigenvalue weighted by molar-refractivity contribution is 5.93. The second-order valence-electron chi connectivity index (χ2n) is 8.92. The van der Waals surface area contributed by atoms with Gasteiger partial charge in [0, 0.05) is 37.2 Å². The van der Waals surface area contributed by atoms with Gasteiger partial charge in [-0.05, 0) is 24.5 Å². The van der Waals surface area contributed by atoms with Crippen molar-refractivity contribution in [1.82, 2.24) is 19.8 Å². The minimum atomic E-state index is -0.687. The van der Waals surface area contributed by atoms with Gasteiger partial charge < -0.3 is 19.5 Å². The summed E-state index contributed by atoms with van der Waals surface area (Å²) in [6, 6.07) is 13.2. The molecular weight excluding hydrogens is 454 g/mol. The molecule has 182 valence electrons. The van der Waals surface area contributed by atoms with E-state index in [4.69, 9.17) is 4.74 Å². The number of aromatic nitrogens is 2. The first-order valence-corrected chi connectivity index (χ1v) is 11.7. The van der Waals surface area contributed by atoms with Gasteiger partial charge in [-0.1, -0.05) is 36.4 Å². The third kappa shape index (κ3) is 4.95. The number of amides is 2. The predicted octanol–water partition coefficient (Wildman–Crippen LogP) is 3.60. The third-order valence-corrected chi connectivity index (χ3v) is 6.73. The maximum absolute atomic E-state index is 13.8. The van der Waals surface area contributed by atoms with Crippen molar-refractivity contribution in [3.8, 4) is 0 Å². The summed E-state index contributed by atoms with van der Waals surface area (Å²) < 4.78 is 34.8. The van der Waals surface area contributed by atoms with Crippen LogP contribution in [0.3, 0.4) is 0 Å². The molecule has 1 fully saturated rings. The highest BCUT2D eigenvalue weighted by atomic mass is 19.1. The van der Waals surface area contributed by atoms with Gasteiger partial charge >= 0.3 is 0 Å². The lowest BCUT2D eigenvalue weighted by atomic mass is 9.95. The van der Waals surface area contributed by atoms with E-state index >= 15 is 0 Å². The predicted molar refractivity (Wildman–Crippen MR) is 123 cm³/mol. The average Bonchev–Trinajstić information content (AvgIpc) is 3.31. The Labute approximate surface area is 201 Å². The molecule has 1 aromatic heterocycles. The van der Waals surface area contributed by atoms with E-state index < -0.39 is 11.6 Å². The van der Waals surface area contributed by atoms with Gasteiger partial charge in [0.25, 0.3) is 5.91 Å². The van der Waals surface area contributed by atoms with Crippen molar-refractivity contribution in [3.05, 3.63) is 89.0 Å². The second-order valence-corrected chi connectivity index (χ2v) is 8.92. The first-order valence-electron chi connectivity index (χ1n) is 11.7. The van der Waals surface area contributed by atoms with Crippen LogP contribution in [0, 0.1) is 17.6 Å². The van der Waals surface area contributed by atoms with Gasteiger partial charge in [-0.25, -0.2) is 13.8 Å². The zero-order chi connectivity index (χ0) is 24.4. The topological polar surface area (TPSA) is 76.5 Å². The lowest BCUT2D eigenvalue weighted by molar-refractivity contribution is -0.126. The molecule has 2 amide bonds. The molecular formula is C26H26F2N4O3. The smallest absolute Gasteiger partial charge is 0.274 e. The maximum Gasteiger partial charge on any atom is 0.274 e. The van der Waals surface area contributed by atoms with Gasteiger partial charge in [0.2, 0.25) is 5.91 Å². The summed E-state index contributed by atoms with van der Waals surface area (Å²) in [5.41, 5.74) is 2.48.